The third-order valence-corrected chi connectivity index (χ3v) is 9.97. The third kappa shape index (κ3) is 2.95. The molecule has 36 heavy (non-hydrogen) atoms. The molecule has 2 aliphatic carbocycles. The molecular formula is C24H23BrCl2N2O7. The van der Waals surface area contributed by atoms with Crippen LogP contribution in [-0.2, 0) is 19.2 Å². The van der Waals surface area contributed by atoms with E-state index in [9.17, 15) is 24.3 Å². The first-order valence-corrected chi connectivity index (χ1v) is 13.1. The van der Waals surface area contributed by atoms with Gasteiger partial charge < -0.3 is 14.6 Å². The number of nitrogens with zero attached hydrogens (tertiary/aromatic N) is 2. The van der Waals surface area contributed by atoms with Gasteiger partial charge in [0.1, 0.15) is 17.2 Å². The van der Waals surface area contributed by atoms with Crippen molar-refractivity contribution in [2.24, 2.45) is 17.8 Å². The highest BCUT2D eigenvalue weighted by Gasteiger charge is 2.76. The van der Waals surface area contributed by atoms with E-state index in [0.29, 0.717) is 11.1 Å². The standard InChI is InChI=1S/C24H23BrCl2N2O7/c1-28-19(31)12-5-4-11-13(16(12)20(28)32)8-23(26)21(33)29(9-25)22(34)24(23,27)18(11)17-14(35-2)6-10(30)7-15(17)36-3/h4,6-7,12-13,16,18,30H,5,8-9H2,1-3H3/t12-,13+,16-,18+,23+,24-/m0/s1. The molecule has 0 unspecified atom stereocenters. The van der Waals surface area contributed by atoms with Crippen LogP contribution in [0.2, 0.25) is 0 Å². The Morgan fingerprint density at radius 3 is 2.22 bits per heavy atom. The number of ether oxygens (including phenoxy) is 2. The molecule has 1 aromatic carbocycles. The van der Waals surface area contributed by atoms with Gasteiger partial charge in [-0.15, -0.1) is 23.2 Å². The van der Waals surface area contributed by atoms with E-state index in [1.807, 2.05) is 6.08 Å². The first-order chi connectivity index (χ1) is 17.0. The average Bonchev–Trinajstić information content (AvgIpc) is 3.16. The van der Waals surface area contributed by atoms with Crippen molar-refractivity contribution in [3.8, 4) is 17.2 Å². The molecule has 1 aromatic rings. The fourth-order valence-electron chi connectivity index (χ4n) is 6.44. The number of allylic oxidation sites excluding steroid dienone is 2. The number of carbonyl (C=O) groups is 4. The van der Waals surface area contributed by atoms with Crippen LogP contribution < -0.4 is 9.47 Å². The Labute approximate surface area is 225 Å². The predicted octanol–water partition coefficient (Wildman–Crippen LogP) is 2.75. The molecule has 4 amide bonds. The molecule has 1 N–H and O–H groups in total. The van der Waals surface area contributed by atoms with E-state index in [4.69, 9.17) is 32.7 Å². The number of benzene rings is 1. The van der Waals surface area contributed by atoms with Gasteiger partial charge in [0.05, 0.1) is 31.5 Å². The number of imide groups is 2. The molecule has 12 heteroatoms. The Hall–Kier alpha value is -2.30. The summed E-state index contributed by atoms with van der Waals surface area (Å²) in [5.74, 6) is -4.90. The van der Waals surface area contributed by atoms with E-state index in [1.165, 1.54) is 33.4 Å². The molecule has 0 aromatic heterocycles. The van der Waals surface area contributed by atoms with Crippen LogP contribution in [-0.4, -0.2) is 75.0 Å². The second kappa shape index (κ2) is 8.36. The quantitative estimate of drug-likeness (QED) is 0.244. The molecule has 6 atom stereocenters. The number of hydrogen-bond acceptors (Lipinski definition) is 7. The lowest BCUT2D eigenvalue weighted by atomic mass is 9.56. The molecule has 0 radical (unpaired) electrons. The molecular weight excluding hydrogens is 579 g/mol. The van der Waals surface area contributed by atoms with Crippen LogP contribution in [0, 0.1) is 17.8 Å². The summed E-state index contributed by atoms with van der Waals surface area (Å²) < 4.78 is 11.1. The van der Waals surface area contributed by atoms with Crippen LogP contribution in [0.4, 0.5) is 0 Å². The van der Waals surface area contributed by atoms with Crippen molar-refractivity contribution < 1.29 is 33.8 Å². The first-order valence-electron chi connectivity index (χ1n) is 11.2. The smallest absolute Gasteiger partial charge is 0.254 e. The molecule has 0 spiro atoms. The molecule has 1 saturated carbocycles. The number of aromatic hydroxyl groups is 1. The van der Waals surface area contributed by atoms with E-state index >= 15 is 0 Å². The van der Waals surface area contributed by atoms with Gasteiger partial charge in [-0.3, -0.25) is 29.0 Å². The number of amides is 4. The lowest BCUT2D eigenvalue weighted by Gasteiger charge is -2.51. The minimum Gasteiger partial charge on any atom is -0.508 e. The second-order valence-corrected chi connectivity index (χ2v) is 11.2. The average molecular weight is 602 g/mol. The fraction of sp³-hybridized carbons (Fsp3) is 0.500. The van der Waals surface area contributed by atoms with Crippen molar-refractivity contribution in [2.75, 3.05) is 26.7 Å². The highest BCUT2D eigenvalue weighted by molar-refractivity contribution is 9.09. The highest BCUT2D eigenvalue weighted by Crippen LogP contribution is 2.67. The second-order valence-electron chi connectivity index (χ2n) is 9.49. The van der Waals surface area contributed by atoms with E-state index in [-0.39, 0.29) is 47.4 Å². The lowest BCUT2D eigenvalue weighted by Crippen LogP contribution is -2.60. The van der Waals surface area contributed by atoms with Gasteiger partial charge in [-0.25, -0.2) is 0 Å². The monoisotopic (exact) mass is 600 g/mol. The van der Waals surface area contributed by atoms with Crippen molar-refractivity contribution in [2.45, 2.75) is 28.5 Å². The summed E-state index contributed by atoms with van der Waals surface area (Å²) >= 11 is 17.5. The number of halogens is 3. The van der Waals surface area contributed by atoms with Crippen molar-refractivity contribution in [3.05, 3.63) is 29.3 Å². The SMILES string of the molecule is COc1cc(O)cc(OC)c1[C@H]1C2=CC[C@@H]3C(=O)N(C)C(=O)[C@@H]3[C@@H]2C[C@@]2(Cl)C(=O)N(CBr)C(=O)[C@@]12Cl. The summed E-state index contributed by atoms with van der Waals surface area (Å²) in [5, 5.41) is 10.2. The van der Waals surface area contributed by atoms with Crippen molar-refractivity contribution in [1.29, 1.82) is 0 Å². The zero-order valence-corrected chi connectivity index (χ0v) is 22.7. The maximum atomic E-state index is 13.8. The van der Waals surface area contributed by atoms with E-state index in [0.717, 1.165) is 9.80 Å². The zero-order chi connectivity index (χ0) is 26.3. The number of phenols is 1. The maximum absolute atomic E-state index is 13.8. The van der Waals surface area contributed by atoms with Gasteiger partial charge in [0.25, 0.3) is 11.8 Å². The summed E-state index contributed by atoms with van der Waals surface area (Å²) in [5.41, 5.74) is 0.800. The molecule has 5 rings (SSSR count). The fourth-order valence-corrected chi connectivity index (χ4v) is 7.85. The maximum Gasteiger partial charge on any atom is 0.254 e. The van der Waals surface area contributed by atoms with Gasteiger partial charge in [-0.1, -0.05) is 27.6 Å². The van der Waals surface area contributed by atoms with Crippen molar-refractivity contribution >= 4 is 62.8 Å². The zero-order valence-electron chi connectivity index (χ0n) is 19.6. The summed E-state index contributed by atoms with van der Waals surface area (Å²) in [6, 6.07) is 2.71. The predicted molar refractivity (Wildman–Crippen MR) is 132 cm³/mol. The van der Waals surface area contributed by atoms with Gasteiger partial charge >= 0.3 is 0 Å². The topological polar surface area (TPSA) is 113 Å². The van der Waals surface area contributed by atoms with Crippen molar-refractivity contribution in [1.82, 2.24) is 9.80 Å². The summed E-state index contributed by atoms with van der Waals surface area (Å²) in [4.78, 5) is 51.6. The van der Waals surface area contributed by atoms with Crippen LogP contribution in [0.5, 0.6) is 17.2 Å². The Kier molecular flexibility index (Phi) is 5.89. The molecule has 2 aliphatic heterocycles. The number of likely N-dealkylation sites (tertiary alicyclic amines) is 2. The van der Waals surface area contributed by atoms with E-state index in [2.05, 4.69) is 15.9 Å². The summed E-state index contributed by atoms with van der Waals surface area (Å²) in [6.45, 7) is 0. The minimum atomic E-state index is -2.00. The highest BCUT2D eigenvalue weighted by atomic mass is 79.9. The largest absolute Gasteiger partial charge is 0.508 e. The number of methoxy groups -OCH3 is 2. The van der Waals surface area contributed by atoms with Crippen LogP contribution in [0.1, 0.15) is 24.3 Å². The van der Waals surface area contributed by atoms with Gasteiger partial charge in [0.15, 0.2) is 9.75 Å². The Morgan fingerprint density at radius 2 is 1.67 bits per heavy atom. The molecule has 3 fully saturated rings. The molecule has 2 heterocycles. The van der Waals surface area contributed by atoms with Gasteiger partial charge in [0.2, 0.25) is 11.8 Å². The van der Waals surface area contributed by atoms with Crippen LogP contribution >= 0.6 is 39.1 Å². The van der Waals surface area contributed by atoms with E-state index in [1.54, 1.807) is 0 Å². The third-order valence-electron chi connectivity index (χ3n) is 8.05. The minimum absolute atomic E-state index is 0.106. The molecule has 4 aliphatic rings. The van der Waals surface area contributed by atoms with Crippen LogP contribution in [0.25, 0.3) is 0 Å². The number of hydrogen-bond donors (Lipinski definition) is 1. The lowest BCUT2D eigenvalue weighted by molar-refractivity contribution is -0.140. The molecule has 9 nitrogen and oxygen atoms in total. The summed E-state index contributed by atoms with van der Waals surface area (Å²) in [7, 11) is 4.21. The number of alkyl halides is 3. The van der Waals surface area contributed by atoms with Gasteiger partial charge in [-0.05, 0) is 18.8 Å². The van der Waals surface area contributed by atoms with Gasteiger partial charge in [-0.2, -0.15) is 0 Å². The Morgan fingerprint density at radius 1 is 1.06 bits per heavy atom. The normalized spacial score (nSPS) is 35.4. The molecule has 2 saturated heterocycles. The Bertz CT molecular complexity index is 1230. The van der Waals surface area contributed by atoms with Crippen LogP contribution in [0.3, 0.4) is 0 Å². The van der Waals surface area contributed by atoms with E-state index < -0.39 is 45.2 Å². The number of carbonyl (C=O) groups excluding carboxylic acids is 4. The van der Waals surface area contributed by atoms with Crippen molar-refractivity contribution in [3.63, 3.8) is 0 Å². The first kappa shape index (κ1) is 25.4. The van der Waals surface area contributed by atoms with Crippen LogP contribution in [0.15, 0.2) is 23.8 Å². The summed E-state index contributed by atoms with van der Waals surface area (Å²) in [6.07, 6.45) is 1.98. The molecule has 192 valence electrons. The van der Waals surface area contributed by atoms with Gasteiger partial charge in [0, 0.05) is 30.7 Å². The number of fused-ring (bicyclic) bond motifs is 4. The number of rotatable bonds is 4. The molecule has 0 bridgehead atoms. The number of phenolic OH excluding ortho intramolecular Hbond substituents is 1. The Balaban J connectivity index is 1.83.